The van der Waals surface area contributed by atoms with Crippen LogP contribution >= 0.6 is 11.6 Å². The van der Waals surface area contributed by atoms with E-state index in [4.69, 9.17) is 16.3 Å². The molecule has 2 fully saturated rings. The van der Waals surface area contributed by atoms with Gasteiger partial charge in [-0.3, -0.25) is 4.79 Å². The molecule has 2 heterocycles. The molecule has 1 amide bonds. The molecule has 6 nitrogen and oxygen atoms in total. The maximum absolute atomic E-state index is 13.4. The Bertz CT molecular complexity index is 1150. The van der Waals surface area contributed by atoms with Crippen LogP contribution in [-0.2, 0) is 14.8 Å². The number of ether oxygens (including phenoxy) is 1. The molecule has 34 heavy (non-hydrogen) atoms. The quantitative estimate of drug-likeness (QED) is 0.632. The number of benzene rings is 2. The molecule has 0 aromatic heterocycles. The topological polar surface area (TPSA) is 75.7 Å². The lowest BCUT2D eigenvalue weighted by Crippen LogP contribution is -2.49. The Kier molecular flexibility index (Phi) is 6.62. The van der Waals surface area contributed by atoms with Crippen molar-refractivity contribution in [1.29, 1.82) is 0 Å². The molecule has 1 saturated heterocycles. The molecular weight excluding hydrogens is 472 g/mol. The summed E-state index contributed by atoms with van der Waals surface area (Å²) in [6, 6.07) is 14.0. The van der Waals surface area contributed by atoms with Crippen molar-refractivity contribution in [2.75, 3.05) is 13.1 Å². The molecule has 0 unspecified atom stereocenters. The third kappa shape index (κ3) is 4.70. The summed E-state index contributed by atoms with van der Waals surface area (Å²) in [4.78, 5) is 13.6. The van der Waals surface area contributed by atoms with Gasteiger partial charge in [0.15, 0.2) is 0 Å². The van der Waals surface area contributed by atoms with Gasteiger partial charge in [-0.05, 0) is 68.9 Å². The van der Waals surface area contributed by atoms with Gasteiger partial charge in [0.25, 0.3) is 0 Å². The van der Waals surface area contributed by atoms with Gasteiger partial charge in [-0.15, -0.1) is 0 Å². The summed E-state index contributed by atoms with van der Waals surface area (Å²) in [7, 11) is -3.67. The Balaban J connectivity index is 1.32. The maximum Gasteiger partial charge on any atom is 0.243 e. The first kappa shape index (κ1) is 23.6. The zero-order valence-corrected chi connectivity index (χ0v) is 20.8. The van der Waals surface area contributed by atoms with Crippen molar-refractivity contribution >= 4 is 27.5 Å². The van der Waals surface area contributed by atoms with E-state index in [0.717, 1.165) is 43.4 Å². The SMILES string of the molecule is O=C(N[C@H]1CC2(CCCCC2)Oc2ccccc21)[C@@H]1CCCN(S(=O)(=O)c2ccc(Cl)cc2)C1. The van der Waals surface area contributed by atoms with E-state index in [2.05, 4.69) is 5.32 Å². The summed E-state index contributed by atoms with van der Waals surface area (Å²) in [6.45, 7) is 0.602. The number of sulfonamides is 1. The van der Waals surface area contributed by atoms with E-state index < -0.39 is 10.0 Å². The highest BCUT2D eigenvalue weighted by molar-refractivity contribution is 7.89. The van der Waals surface area contributed by atoms with Gasteiger partial charge in [-0.1, -0.05) is 36.2 Å². The second-order valence-electron chi connectivity index (χ2n) is 9.80. The van der Waals surface area contributed by atoms with Crippen molar-refractivity contribution in [2.24, 2.45) is 5.92 Å². The van der Waals surface area contributed by atoms with Crippen LogP contribution in [0.4, 0.5) is 0 Å². The summed E-state index contributed by atoms with van der Waals surface area (Å²) < 4.78 is 34.2. The lowest BCUT2D eigenvalue weighted by molar-refractivity contribution is -0.127. The molecule has 2 aromatic rings. The molecule has 182 valence electrons. The molecule has 5 rings (SSSR count). The summed E-state index contributed by atoms with van der Waals surface area (Å²) >= 11 is 5.92. The Hall–Kier alpha value is -2.09. The molecule has 0 radical (unpaired) electrons. The summed E-state index contributed by atoms with van der Waals surface area (Å²) in [5.74, 6) is 0.397. The average molecular weight is 503 g/mol. The molecule has 2 atom stereocenters. The third-order valence-electron chi connectivity index (χ3n) is 7.48. The predicted octanol–water partition coefficient (Wildman–Crippen LogP) is 5.08. The number of amides is 1. The van der Waals surface area contributed by atoms with Gasteiger partial charge in [-0.25, -0.2) is 8.42 Å². The van der Waals surface area contributed by atoms with Gasteiger partial charge in [0.05, 0.1) is 16.9 Å². The molecule has 3 aliphatic rings. The Morgan fingerprint density at radius 2 is 1.76 bits per heavy atom. The number of nitrogens with zero attached hydrogens (tertiary/aromatic N) is 1. The van der Waals surface area contributed by atoms with Crippen molar-refractivity contribution < 1.29 is 17.9 Å². The number of piperidine rings is 1. The van der Waals surface area contributed by atoms with Gasteiger partial charge in [-0.2, -0.15) is 4.31 Å². The van der Waals surface area contributed by atoms with Crippen molar-refractivity contribution in [3.8, 4) is 5.75 Å². The van der Waals surface area contributed by atoms with Crippen molar-refractivity contribution in [1.82, 2.24) is 9.62 Å². The monoisotopic (exact) mass is 502 g/mol. The van der Waals surface area contributed by atoms with Gasteiger partial charge < -0.3 is 10.1 Å². The average Bonchev–Trinajstić information content (AvgIpc) is 2.85. The number of carbonyl (C=O) groups is 1. The fourth-order valence-electron chi connectivity index (χ4n) is 5.67. The minimum Gasteiger partial charge on any atom is -0.487 e. The van der Waals surface area contributed by atoms with Crippen molar-refractivity contribution in [2.45, 2.75) is 67.9 Å². The van der Waals surface area contributed by atoms with E-state index in [1.54, 1.807) is 12.1 Å². The highest BCUT2D eigenvalue weighted by Gasteiger charge is 2.43. The Morgan fingerprint density at radius 1 is 1.03 bits per heavy atom. The van der Waals surface area contributed by atoms with Crippen LogP contribution in [0.2, 0.25) is 5.02 Å². The van der Waals surface area contributed by atoms with Gasteiger partial charge in [0, 0.05) is 30.1 Å². The molecule has 2 aliphatic heterocycles. The number of halogens is 1. The number of nitrogens with one attached hydrogen (secondary N) is 1. The summed E-state index contributed by atoms with van der Waals surface area (Å²) in [5, 5.41) is 3.77. The number of carbonyl (C=O) groups excluding carboxylic acids is 1. The lowest BCUT2D eigenvalue weighted by Gasteiger charge is -2.45. The van der Waals surface area contributed by atoms with Crippen LogP contribution in [0.1, 0.15) is 63.0 Å². The van der Waals surface area contributed by atoms with Crippen molar-refractivity contribution in [3.05, 3.63) is 59.1 Å². The predicted molar refractivity (Wildman–Crippen MR) is 131 cm³/mol. The molecule has 8 heteroatoms. The molecule has 1 aliphatic carbocycles. The van der Waals surface area contributed by atoms with Crippen LogP contribution in [0.25, 0.3) is 0 Å². The van der Waals surface area contributed by atoms with Crippen molar-refractivity contribution in [3.63, 3.8) is 0 Å². The Labute approximate surface area is 206 Å². The fraction of sp³-hybridized carbons (Fsp3) is 0.500. The molecular formula is C26H31ClN2O4S. The lowest BCUT2D eigenvalue weighted by atomic mass is 9.77. The maximum atomic E-state index is 13.4. The van der Waals surface area contributed by atoms with Gasteiger partial charge in [0.1, 0.15) is 11.4 Å². The number of rotatable bonds is 4. The zero-order valence-electron chi connectivity index (χ0n) is 19.2. The molecule has 2 aromatic carbocycles. The van der Waals surface area contributed by atoms with Crippen LogP contribution in [0.5, 0.6) is 5.75 Å². The Morgan fingerprint density at radius 3 is 2.53 bits per heavy atom. The largest absolute Gasteiger partial charge is 0.487 e. The minimum atomic E-state index is -3.67. The first-order chi connectivity index (χ1) is 16.4. The van der Waals surface area contributed by atoms with E-state index in [1.807, 2.05) is 24.3 Å². The highest BCUT2D eigenvalue weighted by Crippen LogP contribution is 2.46. The molecule has 1 N–H and O–H groups in total. The first-order valence-corrected chi connectivity index (χ1v) is 14.0. The number of para-hydroxylation sites is 1. The van der Waals surface area contributed by atoms with Crippen LogP contribution in [0, 0.1) is 5.92 Å². The standard InChI is InChI=1S/C26H31ClN2O4S/c27-20-10-12-21(13-11-20)34(31,32)29-16-6-7-19(18-29)25(30)28-23-17-26(14-4-1-5-15-26)33-24-9-3-2-8-22(23)24/h2-3,8-13,19,23H,1,4-7,14-18H2,(H,28,30)/t19-,23+/m1/s1. The number of hydrogen-bond donors (Lipinski definition) is 1. The number of fused-ring (bicyclic) bond motifs is 1. The molecule has 1 spiro atoms. The van der Waals surface area contributed by atoms with E-state index in [1.165, 1.54) is 22.9 Å². The van der Waals surface area contributed by atoms with E-state index in [-0.39, 0.29) is 34.9 Å². The van der Waals surface area contributed by atoms with E-state index >= 15 is 0 Å². The second-order valence-corrected chi connectivity index (χ2v) is 12.2. The summed E-state index contributed by atoms with van der Waals surface area (Å²) in [6.07, 6.45) is 7.60. The fourth-order valence-corrected chi connectivity index (χ4v) is 7.32. The van der Waals surface area contributed by atoms with Gasteiger partial charge >= 0.3 is 0 Å². The highest BCUT2D eigenvalue weighted by atomic mass is 35.5. The smallest absolute Gasteiger partial charge is 0.243 e. The third-order valence-corrected chi connectivity index (χ3v) is 9.62. The first-order valence-electron chi connectivity index (χ1n) is 12.2. The molecule has 0 bridgehead atoms. The van der Waals surface area contributed by atoms with E-state index in [9.17, 15) is 13.2 Å². The van der Waals surface area contributed by atoms with Crippen LogP contribution in [0.3, 0.4) is 0 Å². The second kappa shape index (κ2) is 9.51. The molecule has 1 saturated carbocycles. The van der Waals surface area contributed by atoms with E-state index in [0.29, 0.717) is 24.4 Å². The zero-order chi connectivity index (χ0) is 23.8. The van der Waals surface area contributed by atoms with Crippen LogP contribution in [0.15, 0.2) is 53.4 Å². The van der Waals surface area contributed by atoms with Crippen LogP contribution < -0.4 is 10.1 Å². The summed E-state index contributed by atoms with van der Waals surface area (Å²) in [5.41, 5.74) is 0.787. The normalized spacial score (nSPS) is 24.7. The van der Waals surface area contributed by atoms with Gasteiger partial charge in [0.2, 0.25) is 15.9 Å². The number of hydrogen-bond acceptors (Lipinski definition) is 4. The minimum absolute atomic E-state index is 0.0799. The van der Waals surface area contributed by atoms with Crippen LogP contribution in [-0.4, -0.2) is 37.3 Å².